The Morgan fingerprint density at radius 3 is 2.17 bits per heavy atom. The minimum Gasteiger partial charge on any atom is -0.350 e. The molecule has 0 radical (unpaired) electrons. The molecule has 30 heavy (non-hydrogen) atoms. The van der Waals surface area contributed by atoms with Crippen molar-refractivity contribution in [3.05, 3.63) is 35.6 Å². The second kappa shape index (κ2) is 12.7. The number of Topliss-reactive ketones (excluding diaryl/α,β-unsaturated/α-hetero) is 1. The number of rotatable bonds is 12. The van der Waals surface area contributed by atoms with Crippen molar-refractivity contribution in [2.24, 2.45) is 5.92 Å². The summed E-state index contributed by atoms with van der Waals surface area (Å²) in [4.78, 5) is 48.5. The van der Waals surface area contributed by atoms with Crippen LogP contribution in [0.5, 0.6) is 0 Å². The van der Waals surface area contributed by atoms with Crippen LogP contribution in [-0.4, -0.2) is 47.6 Å². The molecule has 0 aliphatic rings. The molecule has 164 valence electrons. The summed E-state index contributed by atoms with van der Waals surface area (Å²) < 4.78 is 13.0. The third kappa shape index (κ3) is 8.73. The van der Waals surface area contributed by atoms with Crippen molar-refractivity contribution in [1.29, 1.82) is 5.41 Å². The van der Waals surface area contributed by atoms with Crippen molar-refractivity contribution >= 4 is 42.3 Å². The summed E-state index contributed by atoms with van der Waals surface area (Å²) >= 11 is 4.08. The Bertz CT molecular complexity index is 771. The van der Waals surface area contributed by atoms with Gasteiger partial charge in [0.05, 0.1) is 6.21 Å². The molecule has 0 unspecified atom stereocenters. The lowest BCUT2D eigenvalue weighted by atomic mass is 10.1. The van der Waals surface area contributed by atoms with Gasteiger partial charge in [-0.25, -0.2) is 4.39 Å². The minimum atomic E-state index is -1.06. The fourth-order valence-corrected chi connectivity index (χ4v) is 2.60. The molecule has 8 nitrogen and oxygen atoms in total. The van der Waals surface area contributed by atoms with E-state index in [1.807, 2.05) is 0 Å². The van der Waals surface area contributed by atoms with Gasteiger partial charge in [-0.3, -0.25) is 19.2 Å². The quantitative estimate of drug-likeness (QED) is 0.246. The van der Waals surface area contributed by atoms with Gasteiger partial charge in [-0.1, -0.05) is 26.0 Å². The zero-order valence-electron chi connectivity index (χ0n) is 16.9. The van der Waals surface area contributed by atoms with Gasteiger partial charge in [-0.2, -0.15) is 12.6 Å². The summed E-state index contributed by atoms with van der Waals surface area (Å²) in [6, 6.07) is 3.55. The molecule has 0 heterocycles. The van der Waals surface area contributed by atoms with Crippen LogP contribution in [0.15, 0.2) is 24.3 Å². The molecule has 0 saturated carbocycles. The largest absolute Gasteiger partial charge is 0.350 e. The van der Waals surface area contributed by atoms with Crippen molar-refractivity contribution in [2.75, 3.05) is 5.75 Å². The highest BCUT2D eigenvalue weighted by Gasteiger charge is 2.26. The third-order valence-corrected chi connectivity index (χ3v) is 4.56. The van der Waals surface area contributed by atoms with Crippen LogP contribution in [0.1, 0.15) is 32.3 Å². The van der Waals surface area contributed by atoms with E-state index in [0.717, 1.165) is 0 Å². The topological polar surface area (TPSA) is 128 Å². The summed E-state index contributed by atoms with van der Waals surface area (Å²) in [5.74, 6) is -2.68. The fraction of sp³-hybridized carbons (Fsp3) is 0.450. The van der Waals surface area contributed by atoms with Gasteiger partial charge in [-0.15, -0.1) is 0 Å². The number of carbonyl (C=O) groups is 4. The Morgan fingerprint density at radius 2 is 1.63 bits per heavy atom. The van der Waals surface area contributed by atoms with Crippen LogP contribution in [0.4, 0.5) is 4.39 Å². The van der Waals surface area contributed by atoms with Gasteiger partial charge in [0.2, 0.25) is 17.7 Å². The van der Waals surface area contributed by atoms with Crippen molar-refractivity contribution < 1.29 is 23.6 Å². The number of nitrogens with one attached hydrogen (secondary N) is 4. The second-order valence-corrected chi connectivity index (χ2v) is 7.32. The number of benzene rings is 1. The molecule has 3 amide bonds. The van der Waals surface area contributed by atoms with E-state index < -0.39 is 35.5 Å². The number of ketones is 1. The number of carbonyl (C=O) groups excluding carboxylic acids is 4. The Morgan fingerprint density at radius 1 is 1.03 bits per heavy atom. The predicted octanol–water partition coefficient (Wildman–Crippen LogP) is 0.996. The number of amides is 3. The van der Waals surface area contributed by atoms with Crippen LogP contribution >= 0.6 is 12.6 Å². The molecule has 2 atom stereocenters. The van der Waals surface area contributed by atoms with Crippen LogP contribution in [0.25, 0.3) is 0 Å². The average Bonchev–Trinajstić information content (AvgIpc) is 2.73. The summed E-state index contributed by atoms with van der Waals surface area (Å²) in [5.41, 5.74) is 0.655. The van der Waals surface area contributed by atoms with E-state index in [1.54, 1.807) is 13.8 Å². The van der Waals surface area contributed by atoms with E-state index in [9.17, 15) is 23.6 Å². The van der Waals surface area contributed by atoms with Gasteiger partial charge in [0.25, 0.3) is 0 Å². The van der Waals surface area contributed by atoms with Crippen molar-refractivity contribution in [3.63, 3.8) is 0 Å². The van der Waals surface area contributed by atoms with E-state index in [1.165, 1.54) is 24.3 Å². The first-order valence-electron chi connectivity index (χ1n) is 9.45. The van der Waals surface area contributed by atoms with E-state index in [4.69, 9.17) is 5.41 Å². The van der Waals surface area contributed by atoms with E-state index in [2.05, 4.69) is 28.6 Å². The van der Waals surface area contributed by atoms with E-state index in [0.29, 0.717) is 11.8 Å². The van der Waals surface area contributed by atoms with Crippen molar-refractivity contribution in [1.82, 2.24) is 16.0 Å². The van der Waals surface area contributed by atoms with Gasteiger partial charge in [0.1, 0.15) is 17.9 Å². The second-order valence-electron chi connectivity index (χ2n) is 6.95. The molecule has 1 aromatic rings. The molecule has 0 aliphatic heterocycles. The normalized spacial score (nSPS) is 12.6. The van der Waals surface area contributed by atoms with Gasteiger partial charge in [0, 0.05) is 24.6 Å². The molecule has 0 saturated heterocycles. The molecular weight excluding hydrogens is 411 g/mol. The third-order valence-electron chi connectivity index (χ3n) is 4.19. The molecule has 0 bridgehead atoms. The molecule has 4 N–H and O–H groups in total. The van der Waals surface area contributed by atoms with Crippen molar-refractivity contribution in [3.8, 4) is 0 Å². The molecule has 1 rings (SSSR count). The van der Waals surface area contributed by atoms with Crippen LogP contribution in [0.3, 0.4) is 0 Å². The highest BCUT2D eigenvalue weighted by Crippen LogP contribution is 2.05. The molecule has 0 aliphatic carbocycles. The first-order chi connectivity index (χ1) is 14.2. The zero-order chi connectivity index (χ0) is 22.7. The highest BCUT2D eigenvalue weighted by molar-refractivity contribution is 7.80. The molecule has 1 aromatic carbocycles. The van der Waals surface area contributed by atoms with Gasteiger partial charge >= 0.3 is 0 Å². The summed E-state index contributed by atoms with van der Waals surface area (Å²) in [6.45, 7) is 3.46. The summed E-state index contributed by atoms with van der Waals surface area (Å²) in [7, 11) is 0. The lowest BCUT2D eigenvalue weighted by Crippen LogP contribution is -2.54. The molecule has 0 spiro atoms. The lowest BCUT2D eigenvalue weighted by molar-refractivity contribution is -0.132. The van der Waals surface area contributed by atoms with Crippen LogP contribution in [0, 0.1) is 17.1 Å². The Balaban J connectivity index is 2.81. The average molecular weight is 439 g/mol. The molecule has 0 aromatic heterocycles. The number of hydrogen-bond donors (Lipinski definition) is 5. The molecule has 0 fully saturated rings. The maximum Gasteiger partial charge on any atom is 0.244 e. The van der Waals surface area contributed by atoms with E-state index in [-0.39, 0.29) is 37.0 Å². The summed E-state index contributed by atoms with van der Waals surface area (Å²) in [5, 5.41) is 14.7. The fourth-order valence-electron chi connectivity index (χ4n) is 2.35. The molecular formula is C20H27FN4O4S. The maximum absolute atomic E-state index is 13.0. The minimum absolute atomic E-state index is 0.0212. The number of halogens is 1. The zero-order valence-corrected chi connectivity index (χ0v) is 17.8. The smallest absolute Gasteiger partial charge is 0.244 e. The van der Waals surface area contributed by atoms with Crippen LogP contribution in [0.2, 0.25) is 0 Å². The van der Waals surface area contributed by atoms with Crippen LogP contribution < -0.4 is 16.0 Å². The number of hydrogen-bond acceptors (Lipinski definition) is 6. The van der Waals surface area contributed by atoms with Gasteiger partial charge in [0.15, 0.2) is 5.78 Å². The number of thiol groups is 1. The Kier molecular flexibility index (Phi) is 10.7. The van der Waals surface area contributed by atoms with Gasteiger partial charge in [-0.05, 0) is 24.1 Å². The lowest BCUT2D eigenvalue weighted by Gasteiger charge is -2.22. The standard InChI is InChI=1S/C20H27FN4O4S/c1-12(2)18(27)25-17(11-30)20(29)24-16(8-7-15(26)9-22)19(28)23-10-13-3-5-14(21)6-4-13/h3-6,9,12,16-17,22,30H,7-8,10-11H2,1-2H3,(H,23,28)(H,24,29)(H,25,27)/t16-,17-/m0/s1. The first kappa shape index (κ1) is 25.3. The monoisotopic (exact) mass is 438 g/mol. The SMILES string of the molecule is CC(C)C(=O)N[C@@H](CS)C(=O)N[C@@H](CCC(=O)C=N)C(=O)NCc1ccc(F)cc1. The predicted molar refractivity (Wildman–Crippen MR) is 114 cm³/mol. The Hall–Kier alpha value is -2.75. The van der Waals surface area contributed by atoms with Crippen LogP contribution in [-0.2, 0) is 25.7 Å². The van der Waals surface area contributed by atoms with Gasteiger partial charge < -0.3 is 21.4 Å². The summed E-state index contributed by atoms with van der Waals surface area (Å²) in [6.07, 6.45) is 0.517. The van der Waals surface area contributed by atoms with E-state index >= 15 is 0 Å². The Labute approximate surface area is 180 Å². The highest BCUT2D eigenvalue weighted by atomic mass is 32.1. The maximum atomic E-state index is 13.0. The first-order valence-corrected chi connectivity index (χ1v) is 10.1. The molecule has 10 heteroatoms. The van der Waals surface area contributed by atoms with Crippen molar-refractivity contribution in [2.45, 2.75) is 45.3 Å².